The summed E-state index contributed by atoms with van der Waals surface area (Å²) in [6, 6.07) is 5.92. The average molecular weight is 309 g/mol. The van der Waals surface area contributed by atoms with Crippen LogP contribution in [0.2, 0.25) is 10.0 Å². The van der Waals surface area contributed by atoms with Gasteiger partial charge in [-0.05, 0) is 30.7 Å². The molecule has 0 saturated carbocycles. The molecule has 1 heterocycles. The van der Waals surface area contributed by atoms with Crippen molar-refractivity contribution in [3.8, 4) is 0 Å². The molecule has 1 fully saturated rings. The molecule has 2 atom stereocenters. The third-order valence-electron chi connectivity index (χ3n) is 3.19. The number of nitrogens with zero attached hydrogens (tertiary/aromatic N) is 1. The molecule has 0 amide bonds. The first-order chi connectivity index (χ1) is 8.60. The highest BCUT2D eigenvalue weighted by Gasteiger charge is 2.25. The van der Waals surface area contributed by atoms with Crippen molar-refractivity contribution in [1.29, 1.82) is 0 Å². The average Bonchev–Trinajstić information content (AvgIpc) is 2.36. The topological polar surface area (TPSA) is 12.5 Å². The second-order valence-corrected chi connectivity index (χ2v) is 5.78. The second kappa shape index (κ2) is 6.44. The summed E-state index contributed by atoms with van der Waals surface area (Å²) in [5.74, 6) is 0.520. The van der Waals surface area contributed by atoms with Crippen LogP contribution in [0.5, 0.6) is 0 Å². The Morgan fingerprint density at radius 3 is 2.89 bits per heavy atom. The van der Waals surface area contributed by atoms with Crippen LogP contribution in [0.15, 0.2) is 18.2 Å². The number of rotatable bonds is 3. The lowest BCUT2D eigenvalue weighted by Crippen LogP contribution is -2.48. The van der Waals surface area contributed by atoms with E-state index in [1.54, 1.807) is 6.07 Å². The molecular formula is C13H16Cl3NO. The van der Waals surface area contributed by atoms with E-state index in [-0.39, 0.29) is 6.10 Å². The predicted octanol–water partition coefficient (Wildman–Crippen LogP) is 3.82. The van der Waals surface area contributed by atoms with E-state index in [4.69, 9.17) is 39.5 Å². The molecule has 0 spiro atoms. The van der Waals surface area contributed by atoms with Gasteiger partial charge in [-0.1, -0.05) is 23.2 Å². The Bertz CT molecular complexity index is 413. The Balaban J connectivity index is 2.09. The Hall–Kier alpha value is 0.01000. The molecule has 5 heteroatoms. The highest BCUT2D eigenvalue weighted by molar-refractivity contribution is 6.33. The van der Waals surface area contributed by atoms with Gasteiger partial charge in [-0.25, -0.2) is 0 Å². The number of hydrogen-bond donors (Lipinski definition) is 0. The van der Waals surface area contributed by atoms with E-state index in [9.17, 15) is 0 Å². The van der Waals surface area contributed by atoms with E-state index in [0.717, 1.165) is 23.7 Å². The molecule has 2 rings (SSSR count). The fourth-order valence-electron chi connectivity index (χ4n) is 2.07. The highest BCUT2D eigenvalue weighted by Crippen LogP contribution is 2.24. The molecule has 2 nitrogen and oxygen atoms in total. The molecule has 1 aliphatic rings. The van der Waals surface area contributed by atoms with Gasteiger partial charge in [0.25, 0.3) is 0 Å². The minimum absolute atomic E-state index is 0.0980. The Kier molecular flexibility index (Phi) is 5.16. The molecule has 100 valence electrons. The monoisotopic (exact) mass is 307 g/mol. The van der Waals surface area contributed by atoms with Crippen LogP contribution in [0.1, 0.15) is 12.5 Å². The number of morpholine rings is 1. The van der Waals surface area contributed by atoms with Gasteiger partial charge in [-0.15, -0.1) is 11.6 Å². The summed E-state index contributed by atoms with van der Waals surface area (Å²) in [6.07, 6.45) is 0.0980. The van der Waals surface area contributed by atoms with Crippen molar-refractivity contribution in [3.63, 3.8) is 0 Å². The SMILES string of the molecule is CC1COC(CCl)CN1Cc1cc(Cl)ccc1Cl. The fourth-order valence-corrected chi connectivity index (χ4v) is 2.63. The van der Waals surface area contributed by atoms with E-state index in [1.807, 2.05) is 12.1 Å². The van der Waals surface area contributed by atoms with E-state index in [1.165, 1.54) is 0 Å². The maximum absolute atomic E-state index is 6.19. The van der Waals surface area contributed by atoms with Crippen molar-refractivity contribution in [2.45, 2.75) is 25.6 Å². The highest BCUT2D eigenvalue weighted by atomic mass is 35.5. The predicted molar refractivity (Wildman–Crippen MR) is 76.8 cm³/mol. The molecule has 0 N–H and O–H groups in total. The zero-order valence-corrected chi connectivity index (χ0v) is 12.5. The summed E-state index contributed by atoms with van der Waals surface area (Å²) in [5.41, 5.74) is 1.05. The standard InChI is InChI=1S/C13H16Cl3NO/c1-9-8-18-12(5-14)7-17(9)6-10-4-11(15)2-3-13(10)16/h2-4,9,12H,5-8H2,1H3. The van der Waals surface area contributed by atoms with Gasteiger partial charge in [0.15, 0.2) is 0 Å². The zero-order chi connectivity index (χ0) is 13.1. The minimum atomic E-state index is 0.0980. The van der Waals surface area contributed by atoms with Crippen LogP contribution in [0, 0.1) is 0 Å². The van der Waals surface area contributed by atoms with E-state index < -0.39 is 0 Å². The van der Waals surface area contributed by atoms with Gasteiger partial charge in [0.2, 0.25) is 0 Å². The summed E-state index contributed by atoms with van der Waals surface area (Å²) in [7, 11) is 0. The molecule has 0 aromatic heterocycles. The van der Waals surface area contributed by atoms with Crippen LogP contribution in [0.3, 0.4) is 0 Å². The van der Waals surface area contributed by atoms with Crippen LogP contribution in [0.25, 0.3) is 0 Å². The second-order valence-electron chi connectivity index (χ2n) is 4.62. The normalized spacial score (nSPS) is 25.3. The summed E-state index contributed by atoms with van der Waals surface area (Å²) >= 11 is 18.0. The number of ether oxygens (including phenoxy) is 1. The number of halogens is 3. The van der Waals surface area contributed by atoms with Crippen LogP contribution >= 0.6 is 34.8 Å². The number of benzene rings is 1. The summed E-state index contributed by atoms with van der Waals surface area (Å²) < 4.78 is 5.63. The first-order valence-electron chi connectivity index (χ1n) is 5.95. The van der Waals surface area contributed by atoms with Gasteiger partial charge in [-0.2, -0.15) is 0 Å². The first-order valence-corrected chi connectivity index (χ1v) is 7.24. The van der Waals surface area contributed by atoms with E-state index >= 15 is 0 Å². The van der Waals surface area contributed by atoms with Gasteiger partial charge in [0.1, 0.15) is 0 Å². The summed E-state index contributed by atoms with van der Waals surface area (Å²) in [4.78, 5) is 2.33. The summed E-state index contributed by atoms with van der Waals surface area (Å²) in [5, 5.41) is 1.46. The molecular weight excluding hydrogens is 293 g/mol. The van der Waals surface area contributed by atoms with E-state index in [2.05, 4.69) is 11.8 Å². The van der Waals surface area contributed by atoms with Gasteiger partial charge >= 0.3 is 0 Å². The molecule has 1 aromatic rings. The van der Waals surface area contributed by atoms with E-state index in [0.29, 0.717) is 23.6 Å². The van der Waals surface area contributed by atoms with Gasteiger partial charge in [-0.3, -0.25) is 4.90 Å². The van der Waals surface area contributed by atoms with Crippen molar-refractivity contribution in [2.75, 3.05) is 19.0 Å². The maximum atomic E-state index is 6.19. The minimum Gasteiger partial charge on any atom is -0.374 e. The van der Waals surface area contributed by atoms with Crippen LogP contribution in [-0.4, -0.2) is 36.1 Å². The molecule has 1 aliphatic heterocycles. The van der Waals surface area contributed by atoms with Crippen LogP contribution in [0.4, 0.5) is 0 Å². The maximum Gasteiger partial charge on any atom is 0.0838 e. The summed E-state index contributed by atoms with van der Waals surface area (Å²) in [6.45, 7) is 4.45. The lowest BCUT2D eigenvalue weighted by atomic mass is 10.1. The van der Waals surface area contributed by atoms with Gasteiger partial charge in [0.05, 0.1) is 12.7 Å². The molecule has 18 heavy (non-hydrogen) atoms. The molecule has 1 aromatic carbocycles. The first kappa shape index (κ1) is 14.4. The molecule has 2 unspecified atom stereocenters. The van der Waals surface area contributed by atoms with Crippen molar-refractivity contribution in [2.24, 2.45) is 0 Å². The third kappa shape index (κ3) is 3.52. The molecule has 0 bridgehead atoms. The molecule has 0 aliphatic carbocycles. The van der Waals surface area contributed by atoms with Crippen molar-refractivity contribution >= 4 is 34.8 Å². The molecule has 1 saturated heterocycles. The third-order valence-corrected chi connectivity index (χ3v) is 4.14. The van der Waals surface area contributed by atoms with Crippen LogP contribution < -0.4 is 0 Å². The van der Waals surface area contributed by atoms with Crippen molar-refractivity contribution in [1.82, 2.24) is 4.90 Å². The lowest BCUT2D eigenvalue weighted by Gasteiger charge is -2.37. The van der Waals surface area contributed by atoms with Gasteiger partial charge in [0, 0.05) is 35.1 Å². The number of alkyl halides is 1. The number of hydrogen-bond acceptors (Lipinski definition) is 2. The molecule has 0 radical (unpaired) electrons. The van der Waals surface area contributed by atoms with Crippen LogP contribution in [-0.2, 0) is 11.3 Å². The Morgan fingerprint density at radius 2 is 2.17 bits per heavy atom. The smallest absolute Gasteiger partial charge is 0.0838 e. The Labute approximate surface area is 123 Å². The largest absolute Gasteiger partial charge is 0.374 e. The quantitative estimate of drug-likeness (QED) is 0.787. The lowest BCUT2D eigenvalue weighted by molar-refractivity contribution is -0.0510. The Morgan fingerprint density at radius 1 is 1.39 bits per heavy atom. The fraction of sp³-hybridized carbons (Fsp3) is 0.538. The van der Waals surface area contributed by atoms with Crippen molar-refractivity contribution < 1.29 is 4.74 Å². The van der Waals surface area contributed by atoms with Gasteiger partial charge < -0.3 is 4.74 Å². The van der Waals surface area contributed by atoms with Crippen molar-refractivity contribution in [3.05, 3.63) is 33.8 Å². The zero-order valence-electron chi connectivity index (χ0n) is 10.2.